The first-order valence-electron chi connectivity index (χ1n) is 7.21. The molecule has 0 radical (unpaired) electrons. The second kappa shape index (κ2) is 5.82. The molecule has 1 aromatic rings. The zero-order valence-corrected chi connectivity index (χ0v) is 14.0. The van der Waals surface area contributed by atoms with Crippen molar-refractivity contribution in [3.05, 3.63) is 10.6 Å². The Morgan fingerprint density at radius 2 is 2.20 bits per heavy atom. The van der Waals surface area contributed by atoms with Crippen LogP contribution >= 0.6 is 11.3 Å². The molecule has 2 heterocycles. The molecule has 20 heavy (non-hydrogen) atoms. The lowest BCUT2D eigenvalue weighted by Crippen LogP contribution is -2.36. The maximum atomic E-state index is 11.3. The van der Waals surface area contributed by atoms with Gasteiger partial charge in [0.1, 0.15) is 0 Å². The Morgan fingerprint density at radius 3 is 2.65 bits per heavy atom. The van der Waals surface area contributed by atoms with E-state index in [9.17, 15) is 4.79 Å². The molecule has 0 N–H and O–H groups in total. The summed E-state index contributed by atoms with van der Waals surface area (Å²) in [5.74, 6) is 0. The van der Waals surface area contributed by atoms with Gasteiger partial charge in [-0.2, -0.15) is 0 Å². The van der Waals surface area contributed by atoms with Crippen molar-refractivity contribution in [3.8, 4) is 0 Å². The third-order valence-corrected chi connectivity index (χ3v) is 5.04. The van der Waals surface area contributed by atoms with E-state index in [2.05, 4.69) is 44.7 Å². The summed E-state index contributed by atoms with van der Waals surface area (Å²) in [4.78, 5) is 21.3. The first-order valence-corrected chi connectivity index (χ1v) is 8.02. The van der Waals surface area contributed by atoms with Crippen molar-refractivity contribution in [1.29, 1.82) is 0 Å². The molecule has 0 bridgehead atoms. The average molecular weight is 295 g/mol. The Balaban J connectivity index is 2.16. The van der Waals surface area contributed by atoms with Gasteiger partial charge in [-0.15, -0.1) is 0 Å². The van der Waals surface area contributed by atoms with Crippen LogP contribution in [0.1, 0.15) is 49.0 Å². The van der Waals surface area contributed by atoms with Gasteiger partial charge in [0.25, 0.3) is 0 Å². The Kier molecular flexibility index (Phi) is 4.49. The molecule has 4 nitrogen and oxygen atoms in total. The summed E-state index contributed by atoms with van der Waals surface area (Å²) >= 11 is 1.51. The van der Waals surface area contributed by atoms with E-state index >= 15 is 0 Å². The molecule has 0 aliphatic carbocycles. The predicted molar refractivity (Wildman–Crippen MR) is 85.1 cm³/mol. The number of hydrogen-bond acceptors (Lipinski definition) is 5. The fourth-order valence-electron chi connectivity index (χ4n) is 2.70. The van der Waals surface area contributed by atoms with Crippen LogP contribution in [-0.2, 0) is 5.41 Å². The highest BCUT2D eigenvalue weighted by Gasteiger charge is 2.26. The maximum absolute atomic E-state index is 11.3. The number of rotatable bonds is 4. The molecular formula is C15H25N3OS. The van der Waals surface area contributed by atoms with Gasteiger partial charge in [-0.25, -0.2) is 4.98 Å². The molecule has 1 unspecified atom stereocenters. The maximum Gasteiger partial charge on any atom is 0.186 e. The van der Waals surface area contributed by atoms with Crippen LogP contribution in [0.25, 0.3) is 0 Å². The monoisotopic (exact) mass is 295 g/mol. The van der Waals surface area contributed by atoms with Crippen molar-refractivity contribution in [2.45, 2.75) is 45.1 Å². The molecule has 1 fully saturated rings. The smallest absolute Gasteiger partial charge is 0.186 e. The zero-order valence-electron chi connectivity index (χ0n) is 13.1. The number of aldehydes is 1. The van der Waals surface area contributed by atoms with Crippen molar-refractivity contribution in [2.24, 2.45) is 0 Å². The molecule has 1 aromatic heterocycles. The number of likely N-dealkylation sites (N-methyl/N-ethyl adjacent to an activating group) is 2. The van der Waals surface area contributed by atoms with Crippen LogP contribution in [0.4, 0.5) is 5.13 Å². The van der Waals surface area contributed by atoms with Gasteiger partial charge in [0.15, 0.2) is 11.4 Å². The topological polar surface area (TPSA) is 36.4 Å². The number of carbonyl (C=O) groups excluding carboxylic acids is 1. The Morgan fingerprint density at radius 1 is 1.50 bits per heavy atom. The van der Waals surface area contributed by atoms with E-state index in [0.29, 0.717) is 6.04 Å². The van der Waals surface area contributed by atoms with E-state index in [0.717, 1.165) is 28.5 Å². The standard InChI is InChI=1S/C15H25N3OS/c1-15(2,3)13-12(10-19)20-14(16-13)18(5)9-11-7-6-8-17(11)4/h10-11H,6-9H2,1-5H3. The Labute approximate surface area is 125 Å². The molecule has 1 aliphatic heterocycles. The third kappa shape index (κ3) is 3.20. The summed E-state index contributed by atoms with van der Waals surface area (Å²) in [6, 6.07) is 0.599. The summed E-state index contributed by atoms with van der Waals surface area (Å²) in [5, 5.41) is 0.956. The molecule has 0 spiro atoms. The number of carbonyl (C=O) groups is 1. The number of anilines is 1. The fourth-order valence-corrected chi connectivity index (χ4v) is 3.77. The lowest BCUT2D eigenvalue weighted by atomic mass is 9.91. The van der Waals surface area contributed by atoms with Crippen LogP contribution in [0.5, 0.6) is 0 Å². The van der Waals surface area contributed by atoms with Crippen LogP contribution in [0.15, 0.2) is 0 Å². The van der Waals surface area contributed by atoms with Crippen molar-refractivity contribution >= 4 is 22.8 Å². The van der Waals surface area contributed by atoms with E-state index < -0.39 is 0 Å². The molecule has 1 saturated heterocycles. The lowest BCUT2D eigenvalue weighted by Gasteiger charge is -2.25. The van der Waals surface area contributed by atoms with E-state index in [-0.39, 0.29) is 5.41 Å². The quantitative estimate of drug-likeness (QED) is 0.800. The van der Waals surface area contributed by atoms with Gasteiger partial charge in [-0.1, -0.05) is 32.1 Å². The molecule has 0 amide bonds. The summed E-state index contributed by atoms with van der Waals surface area (Å²) in [6.45, 7) is 8.46. The lowest BCUT2D eigenvalue weighted by molar-refractivity contribution is 0.112. The first-order chi connectivity index (χ1) is 9.32. The van der Waals surface area contributed by atoms with Crippen molar-refractivity contribution in [2.75, 3.05) is 32.1 Å². The zero-order chi connectivity index (χ0) is 14.9. The molecular weight excluding hydrogens is 270 g/mol. The Bertz CT molecular complexity index is 478. The number of nitrogens with zero attached hydrogens (tertiary/aromatic N) is 3. The largest absolute Gasteiger partial charge is 0.350 e. The molecule has 2 rings (SSSR count). The highest BCUT2D eigenvalue weighted by atomic mass is 32.1. The van der Waals surface area contributed by atoms with Crippen LogP contribution < -0.4 is 4.90 Å². The second-order valence-corrected chi connectivity index (χ2v) is 7.74. The van der Waals surface area contributed by atoms with E-state index in [4.69, 9.17) is 4.98 Å². The fraction of sp³-hybridized carbons (Fsp3) is 0.733. The van der Waals surface area contributed by atoms with Gasteiger partial charge in [-0.05, 0) is 26.4 Å². The highest BCUT2D eigenvalue weighted by Crippen LogP contribution is 2.32. The van der Waals surface area contributed by atoms with Crippen molar-refractivity contribution in [1.82, 2.24) is 9.88 Å². The van der Waals surface area contributed by atoms with E-state index in [1.807, 2.05) is 0 Å². The summed E-state index contributed by atoms with van der Waals surface area (Å²) < 4.78 is 0. The van der Waals surface area contributed by atoms with Crippen LogP contribution in [0.2, 0.25) is 0 Å². The van der Waals surface area contributed by atoms with Crippen molar-refractivity contribution < 1.29 is 4.79 Å². The Hall–Kier alpha value is -0.940. The number of thiazole rings is 1. The summed E-state index contributed by atoms with van der Waals surface area (Å²) in [5.41, 5.74) is 0.829. The summed E-state index contributed by atoms with van der Waals surface area (Å²) in [6.07, 6.45) is 3.47. The van der Waals surface area contributed by atoms with E-state index in [1.165, 1.54) is 30.7 Å². The van der Waals surface area contributed by atoms with Gasteiger partial charge in [0, 0.05) is 25.0 Å². The van der Waals surface area contributed by atoms with Gasteiger partial charge in [0.05, 0.1) is 10.6 Å². The third-order valence-electron chi connectivity index (χ3n) is 3.94. The minimum Gasteiger partial charge on any atom is -0.350 e. The van der Waals surface area contributed by atoms with Gasteiger partial charge in [-0.3, -0.25) is 4.79 Å². The molecule has 1 aliphatic rings. The molecule has 112 valence electrons. The van der Waals surface area contributed by atoms with Crippen LogP contribution in [0.3, 0.4) is 0 Å². The van der Waals surface area contributed by atoms with Gasteiger partial charge < -0.3 is 9.80 Å². The highest BCUT2D eigenvalue weighted by molar-refractivity contribution is 7.17. The number of aromatic nitrogens is 1. The van der Waals surface area contributed by atoms with Crippen LogP contribution in [0, 0.1) is 0 Å². The number of hydrogen-bond donors (Lipinski definition) is 0. The number of likely N-dealkylation sites (tertiary alicyclic amines) is 1. The summed E-state index contributed by atoms with van der Waals surface area (Å²) in [7, 11) is 4.26. The second-order valence-electron chi connectivity index (χ2n) is 6.73. The van der Waals surface area contributed by atoms with Crippen LogP contribution in [-0.4, -0.2) is 49.4 Å². The minimum atomic E-state index is -0.0873. The predicted octanol–water partition coefficient (Wildman–Crippen LogP) is 2.78. The normalized spacial score (nSPS) is 20.4. The average Bonchev–Trinajstić information content (AvgIpc) is 2.95. The van der Waals surface area contributed by atoms with E-state index in [1.54, 1.807) is 0 Å². The van der Waals surface area contributed by atoms with Crippen molar-refractivity contribution in [3.63, 3.8) is 0 Å². The SMILES string of the molecule is CN(CC1CCCN1C)c1nc(C(C)(C)C)c(C=O)s1. The molecule has 0 aromatic carbocycles. The molecule has 0 saturated carbocycles. The molecule has 5 heteroatoms. The minimum absolute atomic E-state index is 0.0873. The first kappa shape index (κ1) is 15.4. The van der Waals surface area contributed by atoms with Gasteiger partial charge >= 0.3 is 0 Å². The van der Waals surface area contributed by atoms with Gasteiger partial charge in [0.2, 0.25) is 0 Å². The molecule has 1 atom stereocenters.